The van der Waals surface area contributed by atoms with E-state index in [9.17, 15) is 0 Å². The van der Waals surface area contributed by atoms with Crippen LogP contribution < -0.4 is 11.3 Å². The molecule has 0 saturated carbocycles. The minimum Gasteiger partial charge on any atom is -0.271 e. The van der Waals surface area contributed by atoms with E-state index in [2.05, 4.69) is 43.3 Å². The van der Waals surface area contributed by atoms with Crippen LogP contribution in [0.5, 0.6) is 0 Å². The first-order valence-electron chi connectivity index (χ1n) is 6.81. The van der Waals surface area contributed by atoms with Crippen molar-refractivity contribution in [3.8, 4) is 0 Å². The number of hydrogen-bond acceptors (Lipinski definition) is 3. The molecule has 0 aliphatic heterocycles. The molecule has 2 aromatic rings. The molecule has 1 aromatic carbocycles. The number of aromatic nitrogens is 1. The Labute approximate surface area is 115 Å². The molecule has 0 aliphatic carbocycles. The zero-order valence-electron chi connectivity index (χ0n) is 12.0. The van der Waals surface area contributed by atoms with Gasteiger partial charge < -0.3 is 0 Å². The average Bonchev–Trinajstić information content (AvgIpc) is 2.38. The summed E-state index contributed by atoms with van der Waals surface area (Å²) < 4.78 is 0. The standard InChI is InChI=1S/C16H23N3/c1-16(2,3)10-9-15(19-17)13-6-4-8-14-12(13)7-5-11-18-14/h4-8,11,15,19H,9-10,17H2,1-3H3. The van der Waals surface area contributed by atoms with Gasteiger partial charge in [0, 0.05) is 17.6 Å². The highest BCUT2D eigenvalue weighted by Gasteiger charge is 2.17. The molecule has 0 amide bonds. The molecule has 19 heavy (non-hydrogen) atoms. The van der Waals surface area contributed by atoms with Crippen molar-refractivity contribution in [3.63, 3.8) is 0 Å². The van der Waals surface area contributed by atoms with E-state index in [1.807, 2.05) is 24.4 Å². The van der Waals surface area contributed by atoms with Gasteiger partial charge >= 0.3 is 0 Å². The average molecular weight is 257 g/mol. The lowest BCUT2D eigenvalue weighted by Crippen LogP contribution is -2.29. The van der Waals surface area contributed by atoms with Crippen LogP contribution in [-0.4, -0.2) is 4.98 Å². The van der Waals surface area contributed by atoms with Crippen molar-refractivity contribution < 1.29 is 0 Å². The second-order valence-electron chi connectivity index (χ2n) is 6.24. The minimum absolute atomic E-state index is 0.173. The smallest absolute Gasteiger partial charge is 0.0705 e. The predicted molar refractivity (Wildman–Crippen MR) is 80.5 cm³/mol. The van der Waals surface area contributed by atoms with Crippen molar-refractivity contribution in [1.29, 1.82) is 0 Å². The van der Waals surface area contributed by atoms with Gasteiger partial charge in [0.1, 0.15) is 0 Å². The topological polar surface area (TPSA) is 50.9 Å². The van der Waals surface area contributed by atoms with E-state index in [-0.39, 0.29) is 6.04 Å². The molecule has 3 N–H and O–H groups in total. The number of hydrogen-bond donors (Lipinski definition) is 2. The van der Waals surface area contributed by atoms with Crippen LogP contribution in [0.1, 0.15) is 45.2 Å². The summed E-state index contributed by atoms with van der Waals surface area (Å²) in [6.07, 6.45) is 3.97. The van der Waals surface area contributed by atoms with Gasteiger partial charge in [0.2, 0.25) is 0 Å². The lowest BCUT2D eigenvalue weighted by Gasteiger charge is -2.23. The summed E-state index contributed by atoms with van der Waals surface area (Å²) >= 11 is 0. The number of fused-ring (bicyclic) bond motifs is 1. The Morgan fingerprint density at radius 3 is 2.68 bits per heavy atom. The fourth-order valence-electron chi connectivity index (χ4n) is 2.34. The monoisotopic (exact) mass is 257 g/mol. The third-order valence-electron chi connectivity index (χ3n) is 3.44. The number of benzene rings is 1. The first kappa shape index (κ1) is 14.0. The van der Waals surface area contributed by atoms with Gasteiger partial charge in [-0.3, -0.25) is 16.3 Å². The van der Waals surface area contributed by atoms with Crippen molar-refractivity contribution in [2.45, 2.75) is 39.7 Å². The lowest BCUT2D eigenvalue weighted by atomic mass is 9.86. The van der Waals surface area contributed by atoms with Crippen LogP contribution in [0, 0.1) is 5.41 Å². The number of pyridine rings is 1. The molecule has 0 saturated heterocycles. The molecule has 3 nitrogen and oxygen atoms in total. The van der Waals surface area contributed by atoms with Crippen molar-refractivity contribution >= 4 is 10.9 Å². The molecule has 102 valence electrons. The molecule has 0 radical (unpaired) electrons. The van der Waals surface area contributed by atoms with E-state index in [4.69, 9.17) is 5.84 Å². The highest BCUT2D eigenvalue weighted by Crippen LogP contribution is 2.30. The Balaban J connectivity index is 2.30. The van der Waals surface area contributed by atoms with Crippen LogP contribution >= 0.6 is 0 Å². The molecule has 3 heteroatoms. The van der Waals surface area contributed by atoms with E-state index in [0.717, 1.165) is 18.4 Å². The van der Waals surface area contributed by atoms with Crippen LogP contribution in [0.2, 0.25) is 0 Å². The third kappa shape index (κ3) is 3.52. The highest BCUT2D eigenvalue weighted by atomic mass is 15.2. The van der Waals surface area contributed by atoms with Crippen LogP contribution in [0.3, 0.4) is 0 Å². The zero-order chi connectivity index (χ0) is 13.9. The molecule has 0 aliphatic rings. The number of nitrogens with two attached hydrogens (primary N) is 1. The Kier molecular flexibility index (Phi) is 4.17. The van der Waals surface area contributed by atoms with Crippen LogP contribution in [-0.2, 0) is 0 Å². The van der Waals surface area contributed by atoms with Crippen LogP contribution in [0.25, 0.3) is 10.9 Å². The normalized spacial score (nSPS) is 13.7. The Hall–Kier alpha value is -1.45. The number of hydrazine groups is 1. The molecule has 1 aromatic heterocycles. The van der Waals surface area contributed by atoms with Crippen molar-refractivity contribution in [3.05, 3.63) is 42.1 Å². The Morgan fingerprint density at radius 2 is 2.00 bits per heavy atom. The van der Waals surface area contributed by atoms with Gasteiger partial charge in [-0.05, 0) is 36.0 Å². The Morgan fingerprint density at radius 1 is 1.21 bits per heavy atom. The second-order valence-corrected chi connectivity index (χ2v) is 6.24. The second kappa shape index (κ2) is 5.68. The van der Waals surface area contributed by atoms with Gasteiger partial charge in [-0.2, -0.15) is 0 Å². The van der Waals surface area contributed by atoms with Gasteiger partial charge in [0.15, 0.2) is 0 Å². The summed E-state index contributed by atoms with van der Waals surface area (Å²) in [5.74, 6) is 5.75. The van der Waals surface area contributed by atoms with Crippen molar-refractivity contribution in [2.75, 3.05) is 0 Å². The SMILES string of the molecule is CC(C)(C)CCC(NN)c1cccc2ncccc12. The number of rotatable bonds is 4. The van der Waals surface area contributed by atoms with Crippen LogP contribution in [0.15, 0.2) is 36.5 Å². The van der Waals surface area contributed by atoms with Crippen molar-refractivity contribution in [2.24, 2.45) is 11.3 Å². The molecule has 2 rings (SSSR count). The zero-order valence-corrected chi connectivity index (χ0v) is 12.0. The summed E-state index contributed by atoms with van der Waals surface area (Å²) in [6.45, 7) is 6.77. The van der Waals surface area contributed by atoms with Gasteiger partial charge in [-0.25, -0.2) is 0 Å². The summed E-state index contributed by atoms with van der Waals surface area (Å²) in [4.78, 5) is 4.40. The summed E-state index contributed by atoms with van der Waals surface area (Å²) in [5.41, 5.74) is 5.53. The molecular weight excluding hydrogens is 234 g/mol. The summed E-state index contributed by atoms with van der Waals surface area (Å²) in [7, 11) is 0. The molecule has 0 fully saturated rings. The summed E-state index contributed by atoms with van der Waals surface area (Å²) in [5, 5.41) is 1.18. The van der Waals surface area contributed by atoms with E-state index in [1.165, 1.54) is 10.9 Å². The first-order chi connectivity index (χ1) is 9.01. The van der Waals surface area contributed by atoms with Gasteiger partial charge in [-0.15, -0.1) is 0 Å². The quantitative estimate of drug-likeness (QED) is 0.650. The highest BCUT2D eigenvalue weighted by molar-refractivity contribution is 5.82. The van der Waals surface area contributed by atoms with E-state index in [1.54, 1.807) is 0 Å². The van der Waals surface area contributed by atoms with E-state index < -0.39 is 0 Å². The fraction of sp³-hybridized carbons (Fsp3) is 0.438. The van der Waals surface area contributed by atoms with Gasteiger partial charge in [0.05, 0.1) is 5.52 Å². The lowest BCUT2D eigenvalue weighted by molar-refractivity contribution is 0.334. The molecular formula is C16H23N3. The van der Waals surface area contributed by atoms with E-state index >= 15 is 0 Å². The number of nitrogens with one attached hydrogen (secondary N) is 1. The minimum atomic E-state index is 0.173. The Bertz CT molecular complexity index is 538. The fourth-order valence-corrected chi connectivity index (χ4v) is 2.34. The van der Waals surface area contributed by atoms with Gasteiger partial charge in [-0.1, -0.05) is 39.0 Å². The molecule has 0 bridgehead atoms. The summed E-state index contributed by atoms with van der Waals surface area (Å²) in [6, 6.07) is 10.5. The largest absolute Gasteiger partial charge is 0.271 e. The molecule has 1 unspecified atom stereocenters. The maximum absolute atomic E-state index is 5.75. The maximum atomic E-state index is 5.75. The molecule has 1 atom stereocenters. The predicted octanol–water partition coefficient (Wildman–Crippen LogP) is 3.57. The third-order valence-corrected chi connectivity index (χ3v) is 3.44. The van der Waals surface area contributed by atoms with Crippen LogP contribution in [0.4, 0.5) is 0 Å². The van der Waals surface area contributed by atoms with Gasteiger partial charge in [0.25, 0.3) is 0 Å². The number of nitrogens with zero attached hydrogens (tertiary/aromatic N) is 1. The molecule has 0 spiro atoms. The molecule has 1 heterocycles. The van der Waals surface area contributed by atoms with E-state index in [0.29, 0.717) is 5.41 Å². The van der Waals surface area contributed by atoms with Crippen molar-refractivity contribution in [1.82, 2.24) is 10.4 Å². The maximum Gasteiger partial charge on any atom is 0.0705 e. The first-order valence-corrected chi connectivity index (χ1v) is 6.81.